The summed E-state index contributed by atoms with van der Waals surface area (Å²) in [5.74, 6) is -0.154. The third-order valence-corrected chi connectivity index (χ3v) is 4.82. The molecule has 1 aromatic rings. The minimum Gasteiger partial charge on any atom is -0.294 e. The Morgan fingerprint density at radius 1 is 1.38 bits per heavy atom. The van der Waals surface area contributed by atoms with Crippen molar-refractivity contribution in [1.82, 2.24) is 0 Å². The second-order valence-corrected chi connectivity index (χ2v) is 6.93. The number of hydrogen-bond donors (Lipinski definition) is 0. The van der Waals surface area contributed by atoms with Gasteiger partial charge in [0.15, 0.2) is 15.6 Å². The lowest BCUT2D eigenvalue weighted by molar-refractivity contribution is 0.0992. The number of benzene rings is 1. The average molecular weight is 324 g/mol. The van der Waals surface area contributed by atoms with Crippen molar-refractivity contribution < 1.29 is 13.2 Å². The first-order chi connectivity index (χ1) is 7.32. The third kappa shape index (κ3) is 1.81. The molecular formula is C10H8BrClO3S. The topological polar surface area (TPSA) is 51.2 Å². The van der Waals surface area contributed by atoms with Gasteiger partial charge in [-0.2, -0.15) is 0 Å². The third-order valence-electron chi connectivity index (χ3n) is 2.54. The average Bonchev–Trinajstić information content (AvgIpc) is 2.46. The van der Waals surface area contributed by atoms with Crippen LogP contribution in [0.25, 0.3) is 0 Å². The highest BCUT2D eigenvalue weighted by Crippen LogP contribution is 2.38. The van der Waals surface area contributed by atoms with Crippen LogP contribution in [-0.2, 0) is 16.3 Å². The second-order valence-electron chi connectivity index (χ2n) is 3.72. The summed E-state index contributed by atoms with van der Waals surface area (Å²) in [7, 11) is -3.48. The van der Waals surface area contributed by atoms with Gasteiger partial charge in [0.1, 0.15) is 0 Å². The SMILES string of the molecule is CS(=O)(=O)c1c(Cl)cc(Br)c2c1C(=O)CC2. The second kappa shape index (κ2) is 3.82. The summed E-state index contributed by atoms with van der Waals surface area (Å²) in [6.07, 6.45) is 1.97. The maximum Gasteiger partial charge on any atom is 0.177 e. The molecule has 1 aliphatic carbocycles. The number of hydrogen-bond acceptors (Lipinski definition) is 3. The van der Waals surface area contributed by atoms with Crippen molar-refractivity contribution in [3.05, 3.63) is 26.7 Å². The molecule has 0 bridgehead atoms. The lowest BCUT2D eigenvalue weighted by Gasteiger charge is -2.09. The molecule has 3 nitrogen and oxygen atoms in total. The summed E-state index contributed by atoms with van der Waals surface area (Å²) in [6, 6.07) is 1.54. The zero-order valence-electron chi connectivity index (χ0n) is 8.38. The number of rotatable bonds is 1. The predicted molar refractivity (Wildman–Crippen MR) is 64.9 cm³/mol. The first kappa shape index (κ1) is 12.1. The summed E-state index contributed by atoms with van der Waals surface area (Å²) < 4.78 is 23.9. The number of sulfone groups is 1. The molecule has 0 aliphatic heterocycles. The molecule has 0 saturated heterocycles. The van der Waals surface area contributed by atoms with E-state index in [0.29, 0.717) is 17.3 Å². The van der Waals surface area contributed by atoms with E-state index in [4.69, 9.17) is 11.6 Å². The Morgan fingerprint density at radius 3 is 2.56 bits per heavy atom. The van der Waals surface area contributed by atoms with Crippen molar-refractivity contribution in [2.75, 3.05) is 6.26 Å². The number of halogens is 2. The number of Topliss-reactive ketones (excluding diaryl/α,β-unsaturated/α-hetero) is 1. The first-order valence-electron chi connectivity index (χ1n) is 4.56. The molecule has 1 aliphatic rings. The zero-order valence-corrected chi connectivity index (χ0v) is 11.5. The molecule has 86 valence electrons. The molecule has 0 aromatic heterocycles. The summed E-state index contributed by atoms with van der Waals surface area (Å²) in [5.41, 5.74) is 1.01. The van der Waals surface area contributed by atoms with E-state index >= 15 is 0 Å². The van der Waals surface area contributed by atoms with Crippen molar-refractivity contribution >= 4 is 43.2 Å². The minimum atomic E-state index is -3.48. The molecule has 16 heavy (non-hydrogen) atoms. The zero-order chi connectivity index (χ0) is 12.1. The van der Waals surface area contributed by atoms with Crippen molar-refractivity contribution in [1.29, 1.82) is 0 Å². The van der Waals surface area contributed by atoms with Crippen LogP contribution in [0, 0.1) is 0 Å². The fraction of sp³-hybridized carbons (Fsp3) is 0.300. The molecule has 0 saturated carbocycles. The summed E-state index contributed by atoms with van der Waals surface area (Å²) >= 11 is 9.20. The van der Waals surface area contributed by atoms with Gasteiger partial charge in [0.2, 0.25) is 0 Å². The summed E-state index contributed by atoms with van der Waals surface area (Å²) in [4.78, 5) is 11.7. The Hall–Kier alpha value is -0.390. The Balaban J connectivity index is 2.91. The van der Waals surface area contributed by atoms with E-state index in [1.54, 1.807) is 0 Å². The van der Waals surface area contributed by atoms with Crippen LogP contribution in [0.5, 0.6) is 0 Å². The maximum absolute atomic E-state index is 11.7. The number of ketones is 1. The van der Waals surface area contributed by atoms with E-state index in [1.807, 2.05) is 0 Å². The van der Waals surface area contributed by atoms with Gasteiger partial charge in [-0.3, -0.25) is 4.79 Å². The van der Waals surface area contributed by atoms with E-state index in [2.05, 4.69) is 15.9 Å². The highest BCUT2D eigenvalue weighted by atomic mass is 79.9. The van der Waals surface area contributed by atoms with Gasteiger partial charge in [-0.15, -0.1) is 0 Å². The number of carbonyl (C=O) groups excluding carboxylic acids is 1. The molecule has 0 N–H and O–H groups in total. The van der Waals surface area contributed by atoms with Gasteiger partial charge in [-0.1, -0.05) is 27.5 Å². The van der Waals surface area contributed by atoms with Crippen LogP contribution in [0.1, 0.15) is 22.3 Å². The molecule has 0 spiro atoms. The van der Waals surface area contributed by atoms with Gasteiger partial charge in [0.05, 0.1) is 9.92 Å². The molecule has 0 unspecified atom stereocenters. The van der Waals surface area contributed by atoms with Gasteiger partial charge in [0, 0.05) is 22.7 Å². The van der Waals surface area contributed by atoms with E-state index in [9.17, 15) is 13.2 Å². The van der Waals surface area contributed by atoms with Crippen LogP contribution in [0.4, 0.5) is 0 Å². The largest absolute Gasteiger partial charge is 0.294 e. The smallest absolute Gasteiger partial charge is 0.177 e. The van der Waals surface area contributed by atoms with E-state index in [-0.39, 0.29) is 21.3 Å². The van der Waals surface area contributed by atoms with Crippen LogP contribution in [0.15, 0.2) is 15.4 Å². The van der Waals surface area contributed by atoms with Crippen molar-refractivity contribution in [3.63, 3.8) is 0 Å². The first-order valence-corrected chi connectivity index (χ1v) is 7.62. The Morgan fingerprint density at radius 2 is 2.00 bits per heavy atom. The van der Waals surface area contributed by atoms with E-state index < -0.39 is 9.84 Å². The highest BCUT2D eigenvalue weighted by molar-refractivity contribution is 9.10. The van der Waals surface area contributed by atoms with Gasteiger partial charge < -0.3 is 0 Å². The van der Waals surface area contributed by atoms with E-state index in [0.717, 1.165) is 11.8 Å². The molecule has 0 atom stereocenters. The fourth-order valence-electron chi connectivity index (χ4n) is 1.91. The molecule has 0 amide bonds. The van der Waals surface area contributed by atoms with Crippen molar-refractivity contribution in [2.45, 2.75) is 17.7 Å². The Bertz CT molecular complexity index is 593. The summed E-state index contributed by atoms with van der Waals surface area (Å²) in [6.45, 7) is 0. The molecule has 0 heterocycles. The van der Waals surface area contributed by atoms with Crippen molar-refractivity contribution in [2.24, 2.45) is 0 Å². The van der Waals surface area contributed by atoms with Gasteiger partial charge >= 0.3 is 0 Å². The minimum absolute atomic E-state index is 0.0325. The van der Waals surface area contributed by atoms with Crippen LogP contribution in [-0.4, -0.2) is 20.5 Å². The lowest BCUT2D eigenvalue weighted by atomic mass is 10.1. The summed E-state index contributed by atoms with van der Waals surface area (Å²) in [5, 5.41) is 0.100. The van der Waals surface area contributed by atoms with Crippen LogP contribution in [0.2, 0.25) is 5.02 Å². The molecule has 0 radical (unpaired) electrons. The molecule has 1 aromatic carbocycles. The number of carbonyl (C=O) groups is 1. The van der Waals surface area contributed by atoms with Gasteiger partial charge in [0.25, 0.3) is 0 Å². The Labute approximate surface area is 107 Å². The van der Waals surface area contributed by atoms with Crippen molar-refractivity contribution in [3.8, 4) is 0 Å². The molecular weight excluding hydrogens is 316 g/mol. The predicted octanol–water partition coefficient (Wildman–Crippen LogP) is 2.63. The number of fused-ring (bicyclic) bond motifs is 1. The van der Waals surface area contributed by atoms with Gasteiger partial charge in [-0.05, 0) is 18.1 Å². The standard InChI is InChI=1S/C10H8BrClO3S/c1-16(14,15)10-7(12)4-6(11)5-2-3-8(13)9(5)10/h4H,2-3H2,1H3. The fourth-order valence-corrected chi connectivity index (χ4v) is 4.31. The van der Waals surface area contributed by atoms with E-state index in [1.165, 1.54) is 6.07 Å². The van der Waals surface area contributed by atoms with Gasteiger partial charge in [-0.25, -0.2) is 8.42 Å². The highest BCUT2D eigenvalue weighted by Gasteiger charge is 2.31. The molecule has 0 fully saturated rings. The maximum atomic E-state index is 11.7. The Kier molecular flexibility index (Phi) is 2.88. The van der Waals surface area contributed by atoms with Crippen LogP contribution in [0.3, 0.4) is 0 Å². The normalized spacial score (nSPS) is 15.3. The molecule has 2 rings (SSSR count). The van der Waals surface area contributed by atoms with Crippen LogP contribution >= 0.6 is 27.5 Å². The molecule has 6 heteroatoms. The monoisotopic (exact) mass is 322 g/mol. The quantitative estimate of drug-likeness (QED) is 0.798. The lowest BCUT2D eigenvalue weighted by Crippen LogP contribution is -2.07. The van der Waals surface area contributed by atoms with Crippen LogP contribution < -0.4 is 0 Å².